The number of thioether (sulfide) groups is 1. The molecule has 0 aromatic heterocycles. The highest BCUT2D eigenvalue weighted by atomic mass is 32.2. The molecule has 0 spiro atoms. The number of non-ortho nitro benzene ring substituents is 1. The van der Waals surface area contributed by atoms with Gasteiger partial charge in [0.1, 0.15) is 5.75 Å². The van der Waals surface area contributed by atoms with Crippen molar-refractivity contribution in [3.8, 4) is 5.75 Å². The Kier molecular flexibility index (Phi) is 4.33. The van der Waals surface area contributed by atoms with Gasteiger partial charge in [-0.05, 0) is 43.2 Å². The minimum absolute atomic E-state index is 0.108. The van der Waals surface area contributed by atoms with Gasteiger partial charge in [0, 0.05) is 30.8 Å². The molecule has 23 heavy (non-hydrogen) atoms. The van der Waals surface area contributed by atoms with Gasteiger partial charge in [0.05, 0.1) is 9.83 Å². The number of nitro groups is 1. The summed E-state index contributed by atoms with van der Waals surface area (Å²) in [5, 5.41) is 21.3. The fourth-order valence-electron chi connectivity index (χ4n) is 2.53. The van der Waals surface area contributed by atoms with E-state index in [4.69, 9.17) is 0 Å². The van der Waals surface area contributed by atoms with Crippen molar-refractivity contribution in [2.45, 2.75) is 19.3 Å². The van der Waals surface area contributed by atoms with E-state index < -0.39 is 4.92 Å². The number of carbonyl (C=O) groups is 1. The average molecular weight is 333 g/mol. The number of carbonyl (C=O) groups excluding carboxylic acids is 1. The molecular weight excluding hydrogens is 318 g/mol. The van der Waals surface area contributed by atoms with Gasteiger partial charge in [-0.3, -0.25) is 14.9 Å². The van der Waals surface area contributed by atoms with Crippen LogP contribution in [-0.4, -0.2) is 39.1 Å². The smallest absolute Gasteiger partial charge is 0.286 e. The molecule has 1 saturated heterocycles. The minimum atomic E-state index is -0.541. The predicted molar refractivity (Wildman–Crippen MR) is 88.2 cm³/mol. The lowest BCUT2D eigenvalue weighted by molar-refractivity contribution is -0.384. The zero-order valence-electron chi connectivity index (χ0n) is 12.3. The maximum absolute atomic E-state index is 12.0. The van der Waals surface area contributed by atoms with Crippen molar-refractivity contribution < 1.29 is 14.8 Å². The molecule has 3 rings (SSSR count). The summed E-state index contributed by atoms with van der Waals surface area (Å²) in [5.74, 6) is -0.482. The quantitative estimate of drug-likeness (QED) is 0.508. The molecular formula is C15H15N3O4S. The summed E-state index contributed by atoms with van der Waals surface area (Å²) in [6.07, 6.45) is 4.80. The van der Waals surface area contributed by atoms with Gasteiger partial charge in [-0.15, -0.1) is 0 Å². The van der Waals surface area contributed by atoms with Crippen LogP contribution in [0.25, 0.3) is 6.08 Å². The molecule has 7 nitrogen and oxygen atoms in total. The molecule has 2 aliphatic rings. The number of rotatable bonds is 2. The molecule has 0 atom stereocenters. The van der Waals surface area contributed by atoms with Crippen LogP contribution in [-0.2, 0) is 4.79 Å². The van der Waals surface area contributed by atoms with Crippen molar-refractivity contribution in [1.29, 1.82) is 0 Å². The highest BCUT2D eigenvalue weighted by Crippen LogP contribution is 2.34. The fourth-order valence-corrected chi connectivity index (χ4v) is 3.49. The molecule has 0 saturated carbocycles. The second-order valence-corrected chi connectivity index (χ2v) is 6.37. The number of phenols is 1. The van der Waals surface area contributed by atoms with Gasteiger partial charge in [0.2, 0.25) is 0 Å². The van der Waals surface area contributed by atoms with E-state index in [9.17, 15) is 20.0 Å². The zero-order valence-corrected chi connectivity index (χ0v) is 13.1. The molecule has 1 N–H and O–H groups in total. The molecule has 0 radical (unpaired) electrons. The predicted octanol–water partition coefficient (Wildman–Crippen LogP) is 2.76. The van der Waals surface area contributed by atoms with Crippen LogP contribution in [0.3, 0.4) is 0 Å². The summed E-state index contributed by atoms with van der Waals surface area (Å²) in [5.41, 5.74) is 0.104. The number of amides is 1. The Hall–Kier alpha value is -2.35. The Morgan fingerprint density at radius 3 is 2.74 bits per heavy atom. The second kappa shape index (κ2) is 6.41. The summed E-state index contributed by atoms with van der Waals surface area (Å²) < 4.78 is 0. The molecule has 2 aliphatic heterocycles. The first-order chi connectivity index (χ1) is 11.0. The van der Waals surface area contributed by atoms with Crippen molar-refractivity contribution in [2.24, 2.45) is 4.99 Å². The number of hydrogen-bond acceptors (Lipinski definition) is 6. The van der Waals surface area contributed by atoms with E-state index in [-0.39, 0.29) is 22.9 Å². The normalized spacial score (nSPS) is 20.0. The third-order valence-electron chi connectivity index (χ3n) is 3.74. The lowest BCUT2D eigenvalue weighted by Crippen LogP contribution is -2.33. The van der Waals surface area contributed by atoms with Crippen LogP contribution in [0.15, 0.2) is 28.1 Å². The number of aromatic hydroxyl groups is 1. The van der Waals surface area contributed by atoms with E-state index in [0.717, 1.165) is 25.9 Å². The maximum atomic E-state index is 12.0. The molecule has 1 aromatic carbocycles. The summed E-state index contributed by atoms with van der Waals surface area (Å²) in [6, 6.07) is 3.71. The topological polar surface area (TPSA) is 96.0 Å². The molecule has 0 bridgehead atoms. The van der Waals surface area contributed by atoms with Gasteiger partial charge in [-0.2, -0.15) is 4.99 Å². The summed E-state index contributed by atoms with van der Waals surface area (Å²) in [7, 11) is 0. The Bertz CT molecular complexity index is 723. The SMILES string of the molecule is O=C1N=C(N2CCCCC2)SC1=Cc1cc([N+](=O)[O-])ccc1O. The Balaban J connectivity index is 1.83. The first kappa shape index (κ1) is 15.5. The van der Waals surface area contributed by atoms with E-state index in [0.29, 0.717) is 10.1 Å². The molecule has 1 amide bonds. The highest BCUT2D eigenvalue weighted by Gasteiger charge is 2.27. The van der Waals surface area contributed by atoms with Crippen LogP contribution in [0, 0.1) is 10.1 Å². The molecule has 0 aliphatic carbocycles. The van der Waals surface area contributed by atoms with Gasteiger partial charge in [-0.25, -0.2) is 0 Å². The lowest BCUT2D eigenvalue weighted by Gasteiger charge is -2.27. The van der Waals surface area contributed by atoms with E-state index >= 15 is 0 Å². The van der Waals surface area contributed by atoms with Crippen molar-refractivity contribution in [3.63, 3.8) is 0 Å². The third-order valence-corrected chi connectivity index (χ3v) is 4.79. The van der Waals surface area contributed by atoms with E-state index in [1.807, 2.05) is 0 Å². The lowest BCUT2D eigenvalue weighted by atomic mass is 10.1. The third kappa shape index (κ3) is 3.37. The number of aliphatic imine (C=N–C) groups is 1. The van der Waals surface area contributed by atoms with Gasteiger partial charge < -0.3 is 10.0 Å². The van der Waals surface area contributed by atoms with Crippen molar-refractivity contribution >= 4 is 34.6 Å². The van der Waals surface area contributed by atoms with Crippen LogP contribution in [0.2, 0.25) is 0 Å². The van der Waals surface area contributed by atoms with Gasteiger partial charge in [-0.1, -0.05) is 0 Å². The minimum Gasteiger partial charge on any atom is -0.507 e. The fraction of sp³-hybridized carbons (Fsp3) is 0.333. The summed E-state index contributed by atoms with van der Waals surface area (Å²) in [4.78, 5) is 28.8. The van der Waals surface area contributed by atoms with Crippen LogP contribution in [0.4, 0.5) is 5.69 Å². The Morgan fingerprint density at radius 1 is 1.30 bits per heavy atom. The molecule has 120 valence electrons. The van der Waals surface area contributed by atoms with Crippen molar-refractivity contribution in [2.75, 3.05) is 13.1 Å². The average Bonchev–Trinajstić information content (AvgIpc) is 2.91. The standard InChI is InChI=1S/C15H15N3O4S/c19-12-5-4-11(18(21)22)8-10(12)9-13-14(20)16-15(23-13)17-6-2-1-3-7-17/h4-5,8-9,19H,1-3,6-7H2. The monoisotopic (exact) mass is 333 g/mol. The summed E-state index contributed by atoms with van der Waals surface area (Å²) in [6.45, 7) is 1.77. The van der Waals surface area contributed by atoms with Crippen molar-refractivity contribution in [3.05, 3.63) is 38.8 Å². The largest absolute Gasteiger partial charge is 0.507 e. The van der Waals surface area contributed by atoms with Gasteiger partial charge in [0.15, 0.2) is 5.17 Å². The number of piperidine rings is 1. The number of likely N-dealkylation sites (tertiary alicyclic amines) is 1. The molecule has 0 unspecified atom stereocenters. The number of benzene rings is 1. The second-order valence-electron chi connectivity index (χ2n) is 5.36. The Labute approximate surface area is 136 Å². The van der Waals surface area contributed by atoms with E-state index in [1.54, 1.807) is 0 Å². The summed E-state index contributed by atoms with van der Waals surface area (Å²) >= 11 is 1.25. The van der Waals surface area contributed by atoms with Gasteiger partial charge >= 0.3 is 0 Å². The van der Waals surface area contributed by atoms with Crippen LogP contribution in [0.1, 0.15) is 24.8 Å². The van der Waals surface area contributed by atoms with Crippen LogP contribution >= 0.6 is 11.8 Å². The van der Waals surface area contributed by atoms with E-state index in [2.05, 4.69) is 9.89 Å². The number of phenolic OH excluding ortho intramolecular Hbond substituents is 1. The van der Waals surface area contributed by atoms with Crippen LogP contribution in [0.5, 0.6) is 5.75 Å². The van der Waals surface area contributed by atoms with Gasteiger partial charge in [0.25, 0.3) is 11.6 Å². The molecule has 2 heterocycles. The van der Waals surface area contributed by atoms with E-state index in [1.165, 1.54) is 42.5 Å². The van der Waals surface area contributed by atoms with Crippen LogP contribution < -0.4 is 0 Å². The molecule has 8 heteroatoms. The molecule has 1 fully saturated rings. The number of hydrogen-bond donors (Lipinski definition) is 1. The molecule has 1 aromatic rings. The number of nitrogens with zero attached hydrogens (tertiary/aromatic N) is 3. The zero-order chi connectivity index (χ0) is 16.4. The maximum Gasteiger partial charge on any atom is 0.286 e. The number of nitro benzene ring substituents is 1. The van der Waals surface area contributed by atoms with Crippen molar-refractivity contribution in [1.82, 2.24) is 4.90 Å². The first-order valence-electron chi connectivity index (χ1n) is 7.29. The highest BCUT2D eigenvalue weighted by molar-refractivity contribution is 8.18. The first-order valence-corrected chi connectivity index (χ1v) is 8.11. The number of amidine groups is 1. The Morgan fingerprint density at radius 2 is 2.04 bits per heavy atom.